The van der Waals surface area contributed by atoms with E-state index in [0.717, 1.165) is 39.0 Å². The number of nitrogens with one attached hydrogen (secondary N) is 2. The van der Waals surface area contributed by atoms with Gasteiger partial charge in [-0.1, -0.05) is 13.2 Å². The van der Waals surface area contributed by atoms with Crippen molar-refractivity contribution >= 4 is 22.2 Å². The lowest BCUT2D eigenvalue weighted by Crippen LogP contribution is -2.25. The Morgan fingerprint density at radius 1 is 0.852 bits per heavy atom. The molecule has 11 heteroatoms. The first-order chi connectivity index (χ1) is 12.3. The van der Waals surface area contributed by atoms with Crippen molar-refractivity contribution in [1.82, 2.24) is 20.4 Å². The largest absolute Gasteiger partial charge is 0.394 e. The zero-order valence-corrected chi connectivity index (χ0v) is 17.5. The van der Waals surface area contributed by atoms with Gasteiger partial charge in [-0.05, 0) is 66.3 Å². The Labute approximate surface area is 162 Å². The number of rotatable bonds is 10. The normalized spacial score (nSPS) is 10.1. The van der Waals surface area contributed by atoms with Crippen molar-refractivity contribution in [2.45, 2.75) is 12.8 Å². The molecule has 2 amide bonds. The lowest BCUT2D eigenvalue weighted by atomic mass is 10.4. The fraction of sp³-hybridized carbons (Fsp3) is 0.625. The van der Waals surface area contributed by atoms with Gasteiger partial charge < -0.3 is 20.4 Å². The molecule has 0 aliphatic rings. The van der Waals surface area contributed by atoms with Crippen LogP contribution in [0.4, 0.5) is 0 Å². The zero-order valence-electron chi connectivity index (χ0n) is 16.6. The van der Waals surface area contributed by atoms with Crippen LogP contribution in [-0.4, -0.2) is 93.5 Å². The second kappa shape index (κ2) is 19.0. The SMILES string of the molecule is C=CC(=O)NCCCN(C)C.C=CC(=O)NCCCN(C)C.O=S(=O)(O)O. The van der Waals surface area contributed by atoms with Crippen molar-refractivity contribution in [1.29, 1.82) is 0 Å². The summed E-state index contributed by atoms with van der Waals surface area (Å²) in [7, 11) is 3.37. The minimum atomic E-state index is -4.67. The molecule has 0 bridgehead atoms. The Hall–Kier alpha value is -1.79. The molecule has 0 spiro atoms. The first-order valence-corrected chi connectivity index (χ1v) is 9.53. The molecule has 0 rings (SSSR count). The van der Waals surface area contributed by atoms with Crippen LogP contribution in [0.2, 0.25) is 0 Å². The van der Waals surface area contributed by atoms with Gasteiger partial charge in [-0.2, -0.15) is 8.42 Å². The molecule has 0 aromatic heterocycles. The molecule has 0 radical (unpaired) electrons. The molecule has 0 unspecified atom stereocenters. The molecular weight excluding hydrogens is 376 g/mol. The molecule has 0 aromatic rings. The van der Waals surface area contributed by atoms with E-state index in [1.807, 2.05) is 28.2 Å². The van der Waals surface area contributed by atoms with Crippen LogP contribution < -0.4 is 10.6 Å². The van der Waals surface area contributed by atoms with Gasteiger partial charge in [-0.3, -0.25) is 18.7 Å². The summed E-state index contributed by atoms with van der Waals surface area (Å²) in [6.45, 7) is 10.1. The Balaban J connectivity index is -0.000000344. The highest BCUT2D eigenvalue weighted by atomic mass is 32.3. The summed E-state index contributed by atoms with van der Waals surface area (Å²) in [5.74, 6) is -0.187. The van der Waals surface area contributed by atoms with Crippen LogP contribution in [0, 0.1) is 0 Å². The second-order valence-corrected chi connectivity index (χ2v) is 6.65. The minimum Gasteiger partial charge on any atom is -0.353 e. The van der Waals surface area contributed by atoms with Gasteiger partial charge in [0.05, 0.1) is 0 Å². The van der Waals surface area contributed by atoms with Gasteiger partial charge in [0, 0.05) is 13.1 Å². The van der Waals surface area contributed by atoms with Crippen LogP contribution in [0.5, 0.6) is 0 Å². The fourth-order valence-electron chi connectivity index (χ4n) is 1.36. The fourth-order valence-corrected chi connectivity index (χ4v) is 1.36. The molecule has 4 N–H and O–H groups in total. The quantitative estimate of drug-likeness (QED) is 0.221. The Bertz CT molecular complexity index is 481. The average molecular weight is 411 g/mol. The monoisotopic (exact) mass is 410 g/mol. The van der Waals surface area contributed by atoms with Crippen LogP contribution in [0.1, 0.15) is 12.8 Å². The van der Waals surface area contributed by atoms with Crippen molar-refractivity contribution in [2.24, 2.45) is 0 Å². The summed E-state index contributed by atoms with van der Waals surface area (Å²) in [4.78, 5) is 25.4. The predicted octanol–water partition coefficient (Wildman–Crippen LogP) is -0.172. The standard InChI is InChI=1S/2C8H16N2O.H2O4S/c2*1-4-8(11)9-6-5-7-10(2)3;1-5(2,3)4/h2*4H,1,5-7H2,2-3H3,(H,9,11);(H2,1,2,3,4). The maximum absolute atomic E-state index is 10.6. The number of hydrogen-bond acceptors (Lipinski definition) is 6. The molecular formula is C16H34N4O6S. The second-order valence-electron chi connectivity index (χ2n) is 5.75. The lowest BCUT2D eigenvalue weighted by Gasteiger charge is -2.08. The van der Waals surface area contributed by atoms with Gasteiger partial charge in [0.1, 0.15) is 0 Å². The molecule has 0 heterocycles. The third kappa shape index (κ3) is 45.4. The lowest BCUT2D eigenvalue weighted by molar-refractivity contribution is -0.117. The Kier molecular flexibility index (Phi) is 21.1. The Morgan fingerprint density at radius 3 is 1.30 bits per heavy atom. The highest BCUT2D eigenvalue weighted by Crippen LogP contribution is 1.81. The summed E-state index contributed by atoms with van der Waals surface area (Å²) in [6, 6.07) is 0. The summed E-state index contributed by atoms with van der Waals surface area (Å²) in [5, 5.41) is 5.41. The number of carbonyl (C=O) groups is 2. The van der Waals surface area contributed by atoms with Gasteiger partial charge >= 0.3 is 10.4 Å². The Morgan fingerprint density at radius 2 is 1.11 bits per heavy atom. The van der Waals surface area contributed by atoms with Gasteiger partial charge in [0.15, 0.2) is 0 Å². The first-order valence-electron chi connectivity index (χ1n) is 8.13. The van der Waals surface area contributed by atoms with Gasteiger partial charge in [-0.15, -0.1) is 0 Å². The number of amides is 2. The highest BCUT2D eigenvalue weighted by Gasteiger charge is 1.93. The summed E-state index contributed by atoms with van der Waals surface area (Å²) in [5.41, 5.74) is 0. The molecule has 10 nitrogen and oxygen atoms in total. The van der Waals surface area contributed by atoms with E-state index in [2.05, 4.69) is 33.6 Å². The van der Waals surface area contributed by atoms with Crippen LogP contribution >= 0.6 is 0 Å². The highest BCUT2D eigenvalue weighted by molar-refractivity contribution is 7.79. The number of nitrogens with zero attached hydrogens (tertiary/aromatic N) is 2. The molecule has 0 saturated heterocycles. The van der Waals surface area contributed by atoms with Crippen molar-refractivity contribution in [3.8, 4) is 0 Å². The number of hydrogen-bond donors (Lipinski definition) is 4. The third-order valence-electron chi connectivity index (χ3n) is 2.53. The average Bonchev–Trinajstić information content (AvgIpc) is 2.53. The van der Waals surface area contributed by atoms with Crippen LogP contribution in [0.3, 0.4) is 0 Å². The van der Waals surface area contributed by atoms with E-state index in [-0.39, 0.29) is 11.8 Å². The van der Waals surface area contributed by atoms with E-state index in [4.69, 9.17) is 17.5 Å². The van der Waals surface area contributed by atoms with Crippen molar-refractivity contribution < 1.29 is 27.1 Å². The van der Waals surface area contributed by atoms with E-state index in [9.17, 15) is 9.59 Å². The van der Waals surface area contributed by atoms with Gasteiger partial charge in [0.25, 0.3) is 0 Å². The molecule has 0 saturated carbocycles. The van der Waals surface area contributed by atoms with Gasteiger partial charge in [-0.25, -0.2) is 0 Å². The van der Waals surface area contributed by atoms with Crippen molar-refractivity contribution in [3.63, 3.8) is 0 Å². The zero-order chi connectivity index (χ0) is 21.9. The molecule has 0 fully saturated rings. The summed E-state index contributed by atoms with van der Waals surface area (Å²) >= 11 is 0. The topological polar surface area (TPSA) is 139 Å². The molecule has 27 heavy (non-hydrogen) atoms. The minimum absolute atomic E-state index is 0.0937. The molecule has 0 aliphatic heterocycles. The van der Waals surface area contributed by atoms with Crippen molar-refractivity contribution in [2.75, 3.05) is 54.4 Å². The maximum atomic E-state index is 10.6. The molecule has 160 valence electrons. The predicted molar refractivity (Wildman–Crippen MR) is 107 cm³/mol. The number of carbonyl (C=O) groups excluding carboxylic acids is 2. The van der Waals surface area contributed by atoms with E-state index < -0.39 is 10.4 Å². The third-order valence-corrected chi connectivity index (χ3v) is 2.53. The van der Waals surface area contributed by atoms with Crippen LogP contribution in [-0.2, 0) is 20.0 Å². The van der Waals surface area contributed by atoms with E-state index >= 15 is 0 Å². The smallest absolute Gasteiger partial charge is 0.353 e. The summed E-state index contributed by atoms with van der Waals surface area (Å²) < 4.78 is 31.6. The molecule has 0 aliphatic carbocycles. The van der Waals surface area contributed by atoms with E-state index in [0.29, 0.717) is 0 Å². The van der Waals surface area contributed by atoms with Crippen molar-refractivity contribution in [3.05, 3.63) is 25.3 Å². The van der Waals surface area contributed by atoms with Crippen LogP contribution in [0.25, 0.3) is 0 Å². The molecule has 0 atom stereocenters. The van der Waals surface area contributed by atoms with E-state index in [1.165, 1.54) is 12.2 Å². The van der Waals surface area contributed by atoms with Crippen LogP contribution in [0.15, 0.2) is 25.3 Å². The maximum Gasteiger partial charge on any atom is 0.394 e. The molecule has 0 aromatic carbocycles. The first kappa shape index (κ1) is 30.0. The van der Waals surface area contributed by atoms with E-state index in [1.54, 1.807) is 0 Å². The summed E-state index contributed by atoms with van der Waals surface area (Å²) in [6.07, 6.45) is 4.53. The van der Waals surface area contributed by atoms with Gasteiger partial charge in [0.2, 0.25) is 11.8 Å².